The summed E-state index contributed by atoms with van der Waals surface area (Å²) in [5.74, 6) is 0. The summed E-state index contributed by atoms with van der Waals surface area (Å²) < 4.78 is 1.93. The van der Waals surface area contributed by atoms with Crippen LogP contribution in [-0.4, -0.2) is 9.49 Å². The average molecular weight is 256 g/mol. The zero-order valence-corrected chi connectivity index (χ0v) is 10.3. The van der Waals surface area contributed by atoms with Crippen molar-refractivity contribution in [3.8, 4) is 6.07 Å². The van der Waals surface area contributed by atoms with Crippen LogP contribution in [0.5, 0.6) is 0 Å². The quantitative estimate of drug-likeness (QED) is 0.672. The van der Waals surface area contributed by atoms with Crippen molar-refractivity contribution in [3.05, 3.63) is 57.9 Å². The third-order valence-corrected chi connectivity index (χ3v) is 2.71. The van der Waals surface area contributed by atoms with E-state index in [9.17, 15) is 10.1 Å². The van der Waals surface area contributed by atoms with Gasteiger partial charge in [-0.25, -0.2) is 0 Å². The number of nitrogens with one attached hydrogen (secondary N) is 1. The minimum atomic E-state index is -0.512. The van der Waals surface area contributed by atoms with Gasteiger partial charge in [-0.05, 0) is 17.7 Å². The summed E-state index contributed by atoms with van der Waals surface area (Å²) in [5.41, 5.74) is 1.86. The number of benzene rings is 1. The SMILES string of the molecule is Cn1ccc(CNc2ccc([N+](=O)[O-])cc2C#N)c1. The van der Waals surface area contributed by atoms with E-state index in [0.29, 0.717) is 12.2 Å². The van der Waals surface area contributed by atoms with E-state index in [1.54, 1.807) is 6.07 Å². The molecule has 0 aliphatic rings. The molecule has 0 bridgehead atoms. The summed E-state index contributed by atoms with van der Waals surface area (Å²) in [6.07, 6.45) is 3.89. The van der Waals surface area contributed by atoms with Crippen LogP contribution in [0.25, 0.3) is 0 Å². The van der Waals surface area contributed by atoms with Crippen LogP contribution in [0.4, 0.5) is 11.4 Å². The Bertz CT molecular complexity index is 655. The number of hydrogen-bond acceptors (Lipinski definition) is 4. The molecular formula is C13H12N4O2. The van der Waals surface area contributed by atoms with E-state index in [1.165, 1.54) is 12.1 Å². The van der Waals surface area contributed by atoms with Crippen molar-refractivity contribution in [2.75, 3.05) is 5.32 Å². The minimum absolute atomic E-state index is 0.0817. The van der Waals surface area contributed by atoms with Crippen LogP contribution in [0.1, 0.15) is 11.1 Å². The van der Waals surface area contributed by atoms with Crippen LogP contribution in [0.15, 0.2) is 36.7 Å². The van der Waals surface area contributed by atoms with Gasteiger partial charge in [-0.2, -0.15) is 5.26 Å². The first-order chi connectivity index (χ1) is 9.10. The zero-order chi connectivity index (χ0) is 13.8. The Morgan fingerprint density at radius 2 is 2.26 bits per heavy atom. The maximum Gasteiger partial charge on any atom is 0.270 e. The smallest absolute Gasteiger partial charge is 0.270 e. The monoisotopic (exact) mass is 256 g/mol. The summed E-state index contributed by atoms with van der Waals surface area (Å²) >= 11 is 0. The largest absolute Gasteiger partial charge is 0.380 e. The molecule has 2 aromatic rings. The number of anilines is 1. The Labute approximate surface area is 110 Å². The highest BCUT2D eigenvalue weighted by Crippen LogP contribution is 2.21. The lowest BCUT2D eigenvalue weighted by Gasteiger charge is -2.06. The molecule has 1 aromatic heterocycles. The van der Waals surface area contributed by atoms with Gasteiger partial charge in [0.15, 0.2) is 0 Å². The van der Waals surface area contributed by atoms with Gasteiger partial charge in [-0.3, -0.25) is 10.1 Å². The molecule has 19 heavy (non-hydrogen) atoms. The summed E-state index contributed by atoms with van der Waals surface area (Å²) in [4.78, 5) is 10.1. The fraction of sp³-hybridized carbons (Fsp3) is 0.154. The first kappa shape index (κ1) is 12.6. The van der Waals surface area contributed by atoms with Crippen molar-refractivity contribution in [2.45, 2.75) is 6.54 Å². The maximum absolute atomic E-state index is 10.6. The van der Waals surface area contributed by atoms with Crippen LogP contribution < -0.4 is 5.32 Å². The van der Waals surface area contributed by atoms with Gasteiger partial charge in [0.05, 0.1) is 16.2 Å². The van der Waals surface area contributed by atoms with E-state index < -0.39 is 4.92 Å². The molecule has 1 aromatic carbocycles. The number of nitriles is 1. The van der Waals surface area contributed by atoms with Crippen molar-refractivity contribution >= 4 is 11.4 Å². The van der Waals surface area contributed by atoms with Gasteiger partial charge in [-0.15, -0.1) is 0 Å². The van der Waals surface area contributed by atoms with Crippen LogP contribution in [0, 0.1) is 21.4 Å². The molecule has 1 N–H and O–H groups in total. The predicted octanol–water partition coefficient (Wildman–Crippen LogP) is 2.42. The number of rotatable bonds is 4. The molecule has 0 saturated carbocycles. The van der Waals surface area contributed by atoms with Crippen molar-refractivity contribution in [2.24, 2.45) is 7.05 Å². The zero-order valence-electron chi connectivity index (χ0n) is 10.3. The Kier molecular flexibility index (Phi) is 3.48. The van der Waals surface area contributed by atoms with Crippen molar-refractivity contribution < 1.29 is 4.92 Å². The topological polar surface area (TPSA) is 83.9 Å². The lowest BCUT2D eigenvalue weighted by molar-refractivity contribution is -0.384. The molecule has 0 unspecified atom stereocenters. The Morgan fingerprint density at radius 3 is 2.84 bits per heavy atom. The second kappa shape index (κ2) is 5.23. The van der Waals surface area contributed by atoms with E-state index in [2.05, 4.69) is 5.32 Å². The summed E-state index contributed by atoms with van der Waals surface area (Å²) in [6.45, 7) is 0.563. The van der Waals surface area contributed by atoms with Crippen LogP contribution in [0.3, 0.4) is 0 Å². The summed E-state index contributed by atoms with van der Waals surface area (Å²) in [5, 5.41) is 22.7. The van der Waals surface area contributed by atoms with E-state index in [0.717, 1.165) is 5.56 Å². The first-order valence-corrected chi connectivity index (χ1v) is 5.63. The lowest BCUT2D eigenvalue weighted by Crippen LogP contribution is -2.01. The molecule has 96 valence electrons. The van der Waals surface area contributed by atoms with Gasteiger partial charge >= 0.3 is 0 Å². The maximum atomic E-state index is 10.6. The lowest BCUT2D eigenvalue weighted by atomic mass is 10.1. The second-order valence-electron chi connectivity index (χ2n) is 4.14. The van der Waals surface area contributed by atoms with Gasteiger partial charge < -0.3 is 9.88 Å². The van der Waals surface area contributed by atoms with Crippen molar-refractivity contribution in [3.63, 3.8) is 0 Å². The van der Waals surface area contributed by atoms with Crippen molar-refractivity contribution in [1.29, 1.82) is 5.26 Å². The first-order valence-electron chi connectivity index (χ1n) is 5.63. The average Bonchev–Trinajstić information content (AvgIpc) is 2.81. The number of nitro groups is 1. The van der Waals surface area contributed by atoms with Gasteiger partial charge in [0.2, 0.25) is 0 Å². The molecule has 0 fully saturated rings. The molecule has 0 aliphatic carbocycles. The normalized spacial score (nSPS) is 9.89. The number of aromatic nitrogens is 1. The molecular weight excluding hydrogens is 244 g/mol. The molecule has 6 nitrogen and oxygen atoms in total. The van der Waals surface area contributed by atoms with Crippen molar-refractivity contribution in [1.82, 2.24) is 4.57 Å². The van der Waals surface area contributed by atoms with E-state index in [-0.39, 0.29) is 11.3 Å². The Hall–Kier alpha value is -2.81. The standard InChI is InChI=1S/C13H12N4O2/c1-16-5-4-10(9-16)8-15-13-3-2-12(17(18)19)6-11(13)7-14/h2-6,9,15H,8H2,1H3. The van der Waals surface area contributed by atoms with Gasteiger partial charge in [-0.1, -0.05) is 0 Å². The highest BCUT2D eigenvalue weighted by atomic mass is 16.6. The Balaban J connectivity index is 2.16. The molecule has 6 heteroatoms. The van der Waals surface area contributed by atoms with Crippen LogP contribution in [-0.2, 0) is 13.6 Å². The highest BCUT2D eigenvalue weighted by molar-refractivity contribution is 5.61. The number of nitrogens with zero attached hydrogens (tertiary/aromatic N) is 3. The molecule has 0 atom stereocenters. The van der Waals surface area contributed by atoms with E-state index in [4.69, 9.17) is 5.26 Å². The van der Waals surface area contributed by atoms with Gasteiger partial charge in [0.1, 0.15) is 6.07 Å². The van der Waals surface area contributed by atoms with E-state index >= 15 is 0 Å². The fourth-order valence-corrected chi connectivity index (χ4v) is 1.76. The molecule has 0 saturated heterocycles. The number of hydrogen-bond donors (Lipinski definition) is 1. The summed E-state index contributed by atoms with van der Waals surface area (Å²) in [6, 6.07) is 8.13. The third kappa shape index (κ3) is 2.90. The Morgan fingerprint density at radius 1 is 1.47 bits per heavy atom. The highest BCUT2D eigenvalue weighted by Gasteiger charge is 2.10. The second-order valence-corrected chi connectivity index (χ2v) is 4.14. The molecule has 0 amide bonds. The molecule has 0 radical (unpaired) electrons. The van der Waals surface area contributed by atoms with Gasteiger partial charge in [0, 0.05) is 38.1 Å². The number of nitro benzene ring substituents is 1. The third-order valence-electron chi connectivity index (χ3n) is 2.71. The fourth-order valence-electron chi connectivity index (χ4n) is 1.76. The summed E-state index contributed by atoms with van der Waals surface area (Å²) in [7, 11) is 1.93. The molecule has 1 heterocycles. The number of aryl methyl sites for hydroxylation is 1. The predicted molar refractivity (Wildman–Crippen MR) is 70.6 cm³/mol. The van der Waals surface area contributed by atoms with Crippen LogP contribution in [0.2, 0.25) is 0 Å². The molecule has 0 aliphatic heterocycles. The molecule has 0 spiro atoms. The van der Waals surface area contributed by atoms with Crippen LogP contribution >= 0.6 is 0 Å². The minimum Gasteiger partial charge on any atom is -0.380 e. The molecule has 2 rings (SSSR count). The number of non-ortho nitro benzene ring substituents is 1. The van der Waals surface area contributed by atoms with Gasteiger partial charge in [0.25, 0.3) is 5.69 Å². The van der Waals surface area contributed by atoms with E-state index in [1.807, 2.05) is 36.1 Å².